The quantitative estimate of drug-likeness (QED) is 0.366. The van der Waals surface area contributed by atoms with Gasteiger partial charge in [-0.1, -0.05) is 17.3 Å². The minimum absolute atomic E-state index is 0.0405. The molecule has 0 unspecified atom stereocenters. The highest BCUT2D eigenvalue weighted by Crippen LogP contribution is 2.08. The van der Waals surface area contributed by atoms with Crippen molar-refractivity contribution in [2.45, 2.75) is 26.3 Å². The lowest BCUT2D eigenvalue weighted by molar-refractivity contribution is -0.131. The van der Waals surface area contributed by atoms with Crippen molar-refractivity contribution >= 4 is 11.7 Å². The third kappa shape index (κ3) is 4.57. The summed E-state index contributed by atoms with van der Waals surface area (Å²) in [5.74, 6) is -0.619. The average Bonchev–Trinajstić information content (AvgIpc) is 2.35. The van der Waals surface area contributed by atoms with Crippen LogP contribution in [0.5, 0.6) is 0 Å². The Kier molecular flexibility index (Phi) is 5.29. The van der Waals surface area contributed by atoms with E-state index >= 15 is 0 Å². The molecular weight excluding hydrogens is 249 g/mol. The van der Waals surface area contributed by atoms with Gasteiger partial charge in [-0.05, 0) is 31.5 Å². The first kappa shape index (κ1) is 14.9. The molecule has 6 heteroatoms. The second-order valence-electron chi connectivity index (χ2n) is 4.51. The number of oxime groups is 1. The van der Waals surface area contributed by atoms with Gasteiger partial charge in [-0.15, -0.1) is 0 Å². The summed E-state index contributed by atoms with van der Waals surface area (Å²) in [6.45, 7) is 3.70. The van der Waals surface area contributed by atoms with Gasteiger partial charge in [-0.3, -0.25) is 4.79 Å². The molecule has 1 amide bonds. The van der Waals surface area contributed by atoms with Crippen molar-refractivity contribution in [1.82, 2.24) is 4.90 Å². The van der Waals surface area contributed by atoms with E-state index in [1.54, 1.807) is 12.1 Å². The van der Waals surface area contributed by atoms with Crippen molar-refractivity contribution in [3.63, 3.8) is 0 Å². The largest absolute Gasteiger partial charge is 0.409 e. The van der Waals surface area contributed by atoms with Gasteiger partial charge in [-0.25, -0.2) is 4.39 Å². The molecule has 0 spiro atoms. The first-order chi connectivity index (χ1) is 8.93. The summed E-state index contributed by atoms with van der Waals surface area (Å²) in [5, 5.41) is 11.4. The number of benzene rings is 1. The third-order valence-corrected chi connectivity index (χ3v) is 2.65. The van der Waals surface area contributed by atoms with E-state index < -0.39 is 0 Å². The Morgan fingerprint density at radius 3 is 2.74 bits per heavy atom. The minimum atomic E-state index is -0.377. The number of nitrogens with zero attached hydrogens (tertiary/aromatic N) is 2. The highest BCUT2D eigenvalue weighted by Gasteiger charge is 2.18. The van der Waals surface area contributed by atoms with E-state index in [9.17, 15) is 9.18 Å². The first-order valence-electron chi connectivity index (χ1n) is 5.94. The van der Waals surface area contributed by atoms with Gasteiger partial charge in [0.25, 0.3) is 0 Å². The number of carbonyl (C=O) groups excluding carboxylic acids is 1. The van der Waals surface area contributed by atoms with Gasteiger partial charge < -0.3 is 15.8 Å². The molecule has 1 aromatic carbocycles. The molecule has 0 aliphatic heterocycles. The van der Waals surface area contributed by atoms with Crippen LogP contribution in [0.4, 0.5) is 4.39 Å². The summed E-state index contributed by atoms with van der Waals surface area (Å²) < 4.78 is 13.0. The van der Waals surface area contributed by atoms with Gasteiger partial charge in [0, 0.05) is 6.04 Å². The Labute approximate surface area is 111 Å². The summed E-state index contributed by atoms with van der Waals surface area (Å²) in [6.07, 6.45) is 0.0780. The van der Waals surface area contributed by atoms with Crippen molar-refractivity contribution in [2.75, 3.05) is 6.54 Å². The van der Waals surface area contributed by atoms with Crippen LogP contribution in [0.15, 0.2) is 29.4 Å². The number of amides is 1. The van der Waals surface area contributed by atoms with E-state index in [0.717, 1.165) is 0 Å². The first-order valence-corrected chi connectivity index (χ1v) is 5.94. The number of hydrogen-bond acceptors (Lipinski definition) is 3. The van der Waals surface area contributed by atoms with Gasteiger partial charge in [0.05, 0.1) is 13.0 Å². The monoisotopic (exact) mass is 267 g/mol. The van der Waals surface area contributed by atoms with Gasteiger partial charge in [0.2, 0.25) is 5.91 Å². The van der Waals surface area contributed by atoms with E-state index in [1.807, 2.05) is 13.8 Å². The Hall–Kier alpha value is -2.11. The van der Waals surface area contributed by atoms with Crippen LogP contribution >= 0.6 is 0 Å². The average molecular weight is 267 g/mol. The SMILES string of the molecule is CC(C)N(CC(N)=NO)C(=O)Cc1cccc(F)c1. The van der Waals surface area contributed by atoms with Crippen LogP contribution in [-0.2, 0) is 11.2 Å². The summed E-state index contributed by atoms with van der Waals surface area (Å²) in [6, 6.07) is 5.79. The van der Waals surface area contributed by atoms with Gasteiger partial charge in [0.15, 0.2) is 5.84 Å². The second kappa shape index (κ2) is 6.72. The molecule has 0 bridgehead atoms. The fourth-order valence-corrected chi connectivity index (χ4v) is 1.69. The lowest BCUT2D eigenvalue weighted by Crippen LogP contribution is -2.43. The molecule has 3 N–H and O–H groups in total. The number of amidine groups is 1. The third-order valence-electron chi connectivity index (χ3n) is 2.65. The Bertz CT molecular complexity index is 475. The minimum Gasteiger partial charge on any atom is -0.409 e. The van der Waals surface area contributed by atoms with Crippen LogP contribution in [-0.4, -0.2) is 34.4 Å². The molecule has 0 saturated heterocycles. The molecule has 0 aliphatic carbocycles. The van der Waals surface area contributed by atoms with E-state index in [2.05, 4.69) is 5.16 Å². The van der Waals surface area contributed by atoms with Gasteiger partial charge in [-0.2, -0.15) is 0 Å². The number of halogens is 1. The molecule has 0 aromatic heterocycles. The molecule has 0 atom stereocenters. The van der Waals surface area contributed by atoms with Crippen molar-refractivity contribution in [1.29, 1.82) is 0 Å². The highest BCUT2D eigenvalue weighted by atomic mass is 19.1. The zero-order valence-corrected chi connectivity index (χ0v) is 11.0. The van der Waals surface area contributed by atoms with Crippen LogP contribution in [0.2, 0.25) is 0 Å². The molecule has 0 aliphatic rings. The van der Waals surface area contributed by atoms with Gasteiger partial charge in [0.1, 0.15) is 5.82 Å². The maximum Gasteiger partial charge on any atom is 0.227 e. The molecule has 19 heavy (non-hydrogen) atoms. The molecule has 0 fully saturated rings. The Morgan fingerprint density at radius 2 is 2.21 bits per heavy atom. The van der Waals surface area contributed by atoms with Crippen LogP contribution in [0.1, 0.15) is 19.4 Å². The Balaban J connectivity index is 2.78. The van der Waals surface area contributed by atoms with Crippen molar-refractivity contribution in [3.8, 4) is 0 Å². The van der Waals surface area contributed by atoms with Crippen LogP contribution in [0.25, 0.3) is 0 Å². The molecule has 0 radical (unpaired) electrons. The van der Waals surface area contributed by atoms with Crippen LogP contribution < -0.4 is 5.73 Å². The van der Waals surface area contributed by atoms with E-state index in [-0.39, 0.29) is 36.6 Å². The number of rotatable bonds is 5. The van der Waals surface area contributed by atoms with Crippen molar-refractivity contribution < 1.29 is 14.4 Å². The maximum absolute atomic E-state index is 13.0. The normalized spacial score (nSPS) is 11.7. The Morgan fingerprint density at radius 1 is 1.53 bits per heavy atom. The summed E-state index contributed by atoms with van der Waals surface area (Å²) >= 11 is 0. The molecule has 0 heterocycles. The lowest BCUT2D eigenvalue weighted by atomic mass is 10.1. The molecule has 104 valence electrons. The fraction of sp³-hybridized carbons (Fsp3) is 0.385. The smallest absolute Gasteiger partial charge is 0.227 e. The van der Waals surface area contributed by atoms with E-state index in [4.69, 9.17) is 10.9 Å². The zero-order valence-electron chi connectivity index (χ0n) is 11.0. The fourth-order valence-electron chi connectivity index (χ4n) is 1.69. The standard InChI is InChI=1S/C13H18FN3O2/c1-9(2)17(8-12(15)16-19)13(18)7-10-4-3-5-11(14)6-10/h3-6,9,19H,7-8H2,1-2H3,(H2,15,16). The topological polar surface area (TPSA) is 78.9 Å². The number of carbonyl (C=O) groups is 1. The second-order valence-corrected chi connectivity index (χ2v) is 4.51. The van der Waals surface area contributed by atoms with Crippen LogP contribution in [0.3, 0.4) is 0 Å². The molecule has 1 aromatic rings. The van der Waals surface area contributed by atoms with Gasteiger partial charge >= 0.3 is 0 Å². The number of hydrogen-bond donors (Lipinski definition) is 2. The van der Waals surface area contributed by atoms with Crippen LogP contribution in [0, 0.1) is 5.82 Å². The van der Waals surface area contributed by atoms with E-state index in [0.29, 0.717) is 5.56 Å². The van der Waals surface area contributed by atoms with E-state index in [1.165, 1.54) is 17.0 Å². The number of nitrogens with two attached hydrogens (primary N) is 1. The maximum atomic E-state index is 13.0. The molecule has 1 rings (SSSR count). The molecule has 0 saturated carbocycles. The molecular formula is C13H18FN3O2. The summed E-state index contributed by atoms with van der Waals surface area (Å²) in [5.41, 5.74) is 6.01. The zero-order chi connectivity index (χ0) is 14.4. The highest BCUT2D eigenvalue weighted by molar-refractivity contribution is 5.87. The van der Waals surface area contributed by atoms with Crippen molar-refractivity contribution in [3.05, 3.63) is 35.6 Å². The predicted molar refractivity (Wildman–Crippen MR) is 70.4 cm³/mol. The summed E-state index contributed by atoms with van der Waals surface area (Å²) in [4.78, 5) is 13.6. The lowest BCUT2D eigenvalue weighted by Gasteiger charge is -2.26. The summed E-state index contributed by atoms with van der Waals surface area (Å²) in [7, 11) is 0. The molecule has 5 nitrogen and oxygen atoms in total. The van der Waals surface area contributed by atoms with Crippen molar-refractivity contribution in [2.24, 2.45) is 10.9 Å². The predicted octanol–water partition coefficient (Wildman–Crippen LogP) is 1.35.